The highest BCUT2D eigenvalue weighted by atomic mass is 79.9. The van der Waals surface area contributed by atoms with Crippen LogP contribution in [0, 0.1) is 0 Å². The summed E-state index contributed by atoms with van der Waals surface area (Å²) in [6.45, 7) is 2.16. The fraction of sp³-hybridized carbons (Fsp3) is 0.385. The zero-order valence-corrected chi connectivity index (χ0v) is 12.5. The van der Waals surface area contributed by atoms with Crippen molar-refractivity contribution >= 4 is 33.5 Å². The lowest BCUT2D eigenvalue weighted by atomic mass is 9.95. The maximum atomic E-state index is 12.2. The van der Waals surface area contributed by atoms with Crippen molar-refractivity contribution in [3.8, 4) is 0 Å². The van der Waals surface area contributed by atoms with E-state index < -0.39 is 11.6 Å². The Balaban J connectivity index is 1.98. The van der Waals surface area contributed by atoms with Crippen LogP contribution in [0.3, 0.4) is 0 Å². The van der Waals surface area contributed by atoms with E-state index in [0.29, 0.717) is 24.3 Å². The summed E-state index contributed by atoms with van der Waals surface area (Å²) in [4.78, 5) is 24.3. The molecule has 0 unspecified atom stereocenters. The number of anilines is 1. The van der Waals surface area contributed by atoms with Crippen molar-refractivity contribution in [2.24, 2.45) is 0 Å². The van der Waals surface area contributed by atoms with Crippen molar-refractivity contribution in [1.29, 1.82) is 0 Å². The Hall–Kier alpha value is -1.60. The first-order valence-corrected chi connectivity index (χ1v) is 6.79. The predicted octanol–water partition coefficient (Wildman–Crippen LogP) is 1.35. The summed E-state index contributed by atoms with van der Waals surface area (Å²) in [5.74, 6) is -1.16. The van der Waals surface area contributed by atoms with Crippen LogP contribution in [0.5, 0.6) is 0 Å². The lowest BCUT2D eigenvalue weighted by molar-refractivity contribution is -0.159. The van der Waals surface area contributed by atoms with E-state index in [4.69, 9.17) is 15.6 Å². The molecule has 0 aromatic heterocycles. The van der Waals surface area contributed by atoms with E-state index in [1.807, 2.05) is 0 Å². The van der Waals surface area contributed by atoms with E-state index in [-0.39, 0.29) is 12.5 Å². The van der Waals surface area contributed by atoms with Gasteiger partial charge in [-0.3, -0.25) is 4.79 Å². The van der Waals surface area contributed by atoms with Crippen LogP contribution in [0.1, 0.15) is 17.3 Å². The van der Waals surface area contributed by atoms with E-state index in [0.717, 1.165) is 4.47 Å². The first kappa shape index (κ1) is 14.8. The van der Waals surface area contributed by atoms with Crippen molar-refractivity contribution in [1.82, 2.24) is 4.90 Å². The molecule has 0 atom stereocenters. The van der Waals surface area contributed by atoms with E-state index in [1.54, 1.807) is 30.0 Å². The fourth-order valence-electron chi connectivity index (χ4n) is 2.15. The van der Waals surface area contributed by atoms with Gasteiger partial charge in [-0.1, -0.05) is 15.9 Å². The molecule has 1 amide bonds. The number of ether oxygens (including phenoxy) is 1. The first-order valence-electron chi connectivity index (χ1n) is 6.00. The molecular weight excluding hydrogens is 328 g/mol. The molecule has 108 valence electrons. The molecule has 1 aliphatic rings. The largest absolute Gasteiger partial charge is 0.480 e. The summed E-state index contributed by atoms with van der Waals surface area (Å²) in [6, 6.07) is 5.03. The highest BCUT2D eigenvalue weighted by molar-refractivity contribution is 9.10. The Morgan fingerprint density at radius 2 is 2.10 bits per heavy atom. The minimum atomic E-state index is -1.02. The van der Waals surface area contributed by atoms with Gasteiger partial charge in [0.25, 0.3) is 5.91 Å². The second-order valence-electron chi connectivity index (χ2n) is 5.07. The molecule has 20 heavy (non-hydrogen) atoms. The number of nitrogens with zero attached hydrogens (tertiary/aromatic N) is 1. The third-order valence-corrected chi connectivity index (χ3v) is 3.51. The molecule has 3 N–H and O–H groups in total. The summed E-state index contributed by atoms with van der Waals surface area (Å²) >= 11 is 3.29. The van der Waals surface area contributed by atoms with E-state index in [9.17, 15) is 9.59 Å². The van der Waals surface area contributed by atoms with E-state index >= 15 is 0 Å². The van der Waals surface area contributed by atoms with Gasteiger partial charge in [0.1, 0.15) is 12.2 Å². The Labute approximate surface area is 124 Å². The number of carbonyl (C=O) groups is 2. The van der Waals surface area contributed by atoms with Crippen LogP contribution in [0.15, 0.2) is 22.7 Å². The molecule has 1 aromatic rings. The number of hydrogen-bond acceptors (Lipinski definition) is 4. The topological polar surface area (TPSA) is 92.9 Å². The van der Waals surface area contributed by atoms with Gasteiger partial charge >= 0.3 is 5.97 Å². The maximum absolute atomic E-state index is 12.2. The van der Waals surface area contributed by atoms with Crippen LogP contribution in [0.2, 0.25) is 0 Å². The van der Waals surface area contributed by atoms with Crippen LogP contribution < -0.4 is 5.73 Å². The highest BCUT2D eigenvalue weighted by Crippen LogP contribution is 2.27. The molecule has 1 saturated heterocycles. The number of hydrogen-bond donors (Lipinski definition) is 2. The van der Waals surface area contributed by atoms with E-state index in [2.05, 4.69) is 15.9 Å². The number of aliphatic carboxylic acids is 1. The SMILES string of the molecule is CC1(OCC(=O)O)CN(C(=O)c2cc(N)cc(Br)c2)C1. The average Bonchev–Trinajstić information content (AvgIpc) is 2.31. The Bertz CT molecular complexity index is 535. The molecule has 6 nitrogen and oxygen atoms in total. The lowest BCUT2D eigenvalue weighted by Crippen LogP contribution is -2.63. The highest BCUT2D eigenvalue weighted by Gasteiger charge is 2.43. The second kappa shape index (κ2) is 5.41. The number of carbonyl (C=O) groups excluding carboxylic acids is 1. The standard InChI is InChI=1S/C13H15BrN2O4/c1-13(20-5-11(17)18)6-16(7-13)12(19)8-2-9(14)4-10(15)3-8/h2-4H,5-7,15H2,1H3,(H,17,18). The summed E-state index contributed by atoms with van der Waals surface area (Å²) in [6.07, 6.45) is 0. The van der Waals surface area contributed by atoms with Crippen LogP contribution in [-0.4, -0.2) is 47.2 Å². The quantitative estimate of drug-likeness (QED) is 0.805. The number of nitrogen functional groups attached to an aromatic ring is 1. The molecule has 7 heteroatoms. The van der Waals surface area contributed by atoms with Gasteiger partial charge in [0.15, 0.2) is 0 Å². The number of rotatable bonds is 4. The van der Waals surface area contributed by atoms with Gasteiger partial charge in [0.05, 0.1) is 13.1 Å². The summed E-state index contributed by atoms with van der Waals surface area (Å²) in [5, 5.41) is 8.59. The molecule has 0 spiro atoms. The Kier molecular flexibility index (Phi) is 4.01. The van der Waals surface area contributed by atoms with Gasteiger partial charge in [-0.15, -0.1) is 0 Å². The van der Waals surface area contributed by atoms with Crippen LogP contribution in [-0.2, 0) is 9.53 Å². The number of nitrogens with two attached hydrogens (primary N) is 1. The molecule has 0 radical (unpaired) electrons. The molecule has 0 saturated carbocycles. The fourth-order valence-corrected chi connectivity index (χ4v) is 2.66. The lowest BCUT2D eigenvalue weighted by Gasteiger charge is -2.47. The summed E-state index contributed by atoms with van der Waals surface area (Å²) in [5.41, 5.74) is 6.11. The smallest absolute Gasteiger partial charge is 0.329 e. The van der Waals surface area contributed by atoms with Crippen LogP contribution in [0.25, 0.3) is 0 Å². The number of carboxylic acid groups (broad SMARTS) is 1. The zero-order valence-electron chi connectivity index (χ0n) is 10.9. The summed E-state index contributed by atoms with van der Waals surface area (Å²) < 4.78 is 6.01. The number of carboxylic acids is 1. The maximum Gasteiger partial charge on any atom is 0.329 e. The molecule has 1 heterocycles. The third-order valence-electron chi connectivity index (χ3n) is 3.05. The predicted molar refractivity (Wildman–Crippen MR) is 76.5 cm³/mol. The van der Waals surface area contributed by atoms with Crippen molar-refractivity contribution < 1.29 is 19.4 Å². The number of benzene rings is 1. The summed E-state index contributed by atoms with van der Waals surface area (Å²) in [7, 11) is 0. The average molecular weight is 343 g/mol. The van der Waals surface area contributed by atoms with Gasteiger partial charge < -0.3 is 20.5 Å². The minimum Gasteiger partial charge on any atom is -0.480 e. The van der Waals surface area contributed by atoms with Gasteiger partial charge in [-0.2, -0.15) is 0 Å². The normalized spacial score (nSPS) is 16.6. The van der Waals surface area contributed by atoms with Crippen molar-refractivity contribution in [2.45, 2.75) is 12.5 Å². The monoisotopic (exact) mass is 342 g/mol. The number of halogens is 1. The molecule has 2 rings (SSSR count). The van der Waals surface area contributed by atoms with E-state index in [1.165, 1.54) is 0 Å². The Morgan fingerprint density at radius 3 is 2.65 bits per heavy atom. The van der Waals surface area contributed by atoms with Crippen molar-refractivity contribution in [3.63, 3.8) is 0 Å². The second-order valence-corrected chi connectivity index (χ2v) is 5.98. The van der Waals surface area contributed by atoms with Gasteiger partial charge in [-0.05, 0) is 25.1 Å². The van der Waals surface area contributed by atoms with Crippen molar-refractivity contribution in [2.75, 3.05) is 25.4 Å². The van der Waals surface area contributed by atoms with Crippen LogP contribution >= 0.6 is 15.9 Å². The number of likely N-dealkylation sites (tertiary alicyclic amines) is 1. The van der Waals surface area contributed by atoms with Crippen molar-refractivity contribution in [3.05, 3.63) is 28.2 Å². The molecule has 0 aliphatic carbocycles. The van der Waals surface area contributed by atoms with Gasteiger partial charge in [0, 0.05) is 15.7 Å². The van der Waals surface area contributed by atoms with Gasteiger partial charge in [-0.25, -0.2) is 4.79 Å². The molecule has 1 fully saturated rings. The van der Waals surface area contributed by atoms with Crippen LogP contribution in [0.4, 0.5) is 5.69 Å². The molecule has 1 aliphatic heterocycles. The third kappa shape index (κ3) is 3.29. The first-order chi connectivity index (χ1) is 9.29. The zero-order chi connectivity index (χ0) is 14.9. The van der Waals surface area contributed by atoms with Gasteiger partial charge in [0.2, 0.25) is 0 Å². The molecule has 0 bridgehead atoms. The minimum absolute atomic E-state index is 0.144. The molecular formula is C13H15BrN2O4. The Morgan fingerprint density at radius 1 is 1.45 bits per heavy atom. The molecule has 1 aromatic carbocycles. The number of amides is 1.